The molecule has 0 amide bonds. The monoisotopic (exact) mass is 302 g/mol. The predicted molar refractivity (Wildman–Crippen MR) is 74.3 cm³/mol. The molecule has 0 aromatic heterocycles. The Morgan fingerprint density at radius 1 is 1.45 bits per heavy atom. The fraction of sp³-hybridized carbons (Fsp3) is 0.538. The lowest BCUT2D eigenvalue weighted by molar-refractivity contribution is 0.108. The van der Waals surface area contributed by atoms with Gasteiger partial charge in [0.25, 0.3) is 0 Å². The van der Waals surface area contributed by atoms with Crippen molar-refractivity contribution in [3.05, 3.63) is 23.0 Å². The van der Waals surface area contributed by atoms with Gasteiger partial charge in [0.05, 0.1) is 16.7 Å². The summed E-state index contributed by atoms with van der Waals surface area (Å²) >= 11 is 0. The van der Waals surface area contributed by atoms with E-state index in [-0.39, 0.29) is 22.7 Å². The summed E-state index contributed by atoms with van der Waals surface area (Å²) < 4.78 is 40.1. The summed E-state index contributed by atoms with van der Waals surface area (Å²) in [7, 11) is -3.77. The number of β-amino-alcohol motifs (C(OH)–C–C–N with tert-alkyl or cyclic N) is 1. The van der Waals surface area contributed by atoms with Gasteiger partial charge in [-0.25, -0.2) is 12.8 Å². The van der Waals surface area contributed by atoms with Crippen LogP contribution in [0.2, 0.25) is 0 Å². The van der Waals surface area contributed by atoms with Crippen molar-refractivity contribution in [2.24, 2.45) is 0 Å². The topological polar surface area (TPSA) is 83.6 Å². The quantitative estimate of drug-likeness (QED) is 0.803. The number of halogens is 1. The van der Waals surface area contributed by atoms with Gasteiger partial charge in [-0.2, -0.15) is 4.31 Å². The number of rotatable bonds is 2. The van der Waals surface area contributed by atoms with Crippen LogP contribution in [-0.4, -0.2) is 37.0 Å². The number of hydrogen-bond acceptors (Lipinski definition) is 4. The lowest BCUT2D eigenvalue weighted by Crippen LogP contribution is -2.42. The SMILES string of the molecule is Cc1cc(F)c(N)c(C)c1S(=O)(=O)N1CCC[C@H](O)C1. The van der Waals surface area contributed by atoms with E-state index in [4.69, 9.17) is 5.73 Å². The number of aliphatic hydroxyl groups is 1. The van der Waals surface area contributed by atoms with Crippen LogP contribution in [0.3, 0.4) is 0 Å². The molecule has 1 fully saturated rings. The van der Waals surface area contributed by atoms with Crippen molar-refractivity contribution in [2.75, 3.05) is 18.8 Å². The van der Waals surface area contributed by atoms with E-state index in [1.54, 1.807) is 6.92 Å². The third kappa shape index (κ3) is 2.53. The number of piperidine rings is 1. The van der Waals surface area contributed by atoms with Gasteiger partial charge < -0.3 is 10.8 Å². The molecule has 1 aliphatic rings. The van der Waals surface area contributed by atoms with Crippen LogP contribution in [0.1, 0.15) is 24.0 Å². The first-order chi connectivity index (χ1) is 9.25. The van der Waals surface area contributed by atoms with Crippen LogP contribution >= 0.6 is 0 Å². The van der Waals surface area contributed by atoms with Crippen molar-refractivity contribution >= 4 is 15.7 Å². The molecule has 1 aromatic carbocycles. The van der Waals surface area contributed by atoms with Crippen LogP contribution in [0.4, 0.5) is 10.1 Å². The first-order valence-electron chi connectivity index (χ1n) is 6.48. The molecular weight excluding hydrogens is 283 g/mol. The van der Waals surface area contributed by atoms with E-state index in [9.17, 15) is 17.9 Å². The molecule has 3 N–H and O–H groups in total. The molecule has 0 bridgehead atoms. The van der Waals surface area contributed by atoms with E-state index in [0.717, 1.165) is 6.07 Å². The standard InChI is InChI=1S/C13H19FN2O3S/c1-8-6-11(14)12(15)9(2)13(8)20(18,19)16-5-3-4-10(17)7-16/h6,10,17H,3-5,7,15H2,1-2H3/t10-/m0/s1. The van der Waals surface area contributed by atoms with Crippen LogP contribution < -0.4 is 5.73 Å². The van der Waals surface area contributed by atoms with Crippen molar-refractivity contribution in [2.45, 2.75) is 37.7 Å². The van der Waals surface area contributed by atoms with Gasteiger partial charge in [0, 0.05) is 13.1 Å². The lowest BCUT2D eigenvalue weighted by Gasteiger charge is -2.30. The molecule has 0 unspecified atom stereocenters. The summed E-state index contributed by atoms with van der Waals surface area (Å²) in [6, 6.07) is 1.13. The zero-order valence-electron chi connectivity index (χ0n) is 11.6. The highest BCUT2D eigenvalue weighted by atomic mass is 32.2. The van der Waals surface area contributed by atoms with Crippen LogP contribution in [-0.2, 0) is 10.0 Å². The number of nitrogen functional groups attached to an aromatic ring is 1. The fourth-order valence-corrected chi connectivity index (χ4v) is 4.55. The summed E-state index contributed by atoms with van der Waals surface area (Å²) in [5.41, 5.74) is 6.00. The molecule has 0 spiro atoms. The van der Waals surface area contributed by atoms with E-state index in [0.29, 0.717) is 24.9 Å². The Morgan fingerprint density at radius 2 is 2.10 bits per heavy atom. The molecular formula is C13H19FN2O3S. The maximum absolute atomic E-state index is 13.5. The Hall–Kier alpha value is -1.18. The number of aliphatic hydroxyl groups excluding tert-OH is 1. The minimum absolute atomic E-state index is 0.0468. The van der Waals surface area contributed by atoms with Crippen LogP contribution in [0, 0.1) is 19.7 Å². The van der Waals surface area contributed by atoms with Crippen molar-refractivity contribution in [1.29, 1.82) is 0 Å². The second-order valence-corrected chi connectivity index (χ2v) is 7.08. The zero-order valence-corrected chi connectivity index (χ0v) is 12.4. The van der Waals surface area contributed by atoms with Crippen molar-refractivity contribution in [3.63, 3.8) is 0 Å². The molecule has 0 aliphatic carbocycles. The largest absolute Gasteiger partial charge is 0.396 e. The molecule has 1 aliphatic heterocycles. The number of nitrogens with two attached hydrogens (primary N) is 1. The van der Waals surface area contributed by atoms with Crippen molar-refractivity contribution < 1.29 is 17.9 Å². The second kappa shape index (κ2) is 5.31. The highest BCUT2D eigenvalue weighted by molar-refractivity contribution is 7.89. The maximum atomic E-state index is 13.5. The van der Waals surface area contributed by atoms with Gasteiger partial charge in [0.1, 0.15) is 5.82 Å². The third-order valence-electron chi connectivity index (χ3n) is 3.66. The second-order valence-electron chi connectivity index (χ2n) is 5.20. The Bertz CT molecular complexity index is 631. The minimum Gasteiger partial charge on any atom is -0.396 e. The first kappa shape index (κ1) is 15.2. The molecule has 5 nitrogen and oxygen atoms in total. The van der Waals surface area contributed by atoms with E-state index >= 15 is 0 Å². The van der Waals surface area contributed by atoms with E-state index in [2.05, 4.69) is 0 Å². The maximum Gasteiger partial charge on any atom is 0.243 e. The van der Waals surface area contributed by atoms with E-state index in [1.807, 2.05) is 0 Å². The van der Waals surface area contributed by atoms with Gasteiger partial charge in [0.15, 0.2) is 0 Å². The minimum atomic E-state index is -3.77. The molecule has 7 heteroatoms. The fourth-order valence-electron chi connectivity index (χ4n) is 2.60. The highest BCUT2D eigenvalue weighted by Gasteiger charge is 2.32. The summed E-state index contributed by atoms with van der Waals surface area (Å²) in [5.74, 6) is -0.613. The molecule has 1 atom stereocenters. The number of aryl methyl sites for hydroxylation is 1. The molecule has 0 saturated carbocycles. The van der Waals surface area contributed by atoms with Crippen molar-refractivity contribution in [3.8, 4) is 0 Å². The summed E-state index contributed by atoms with van der Waals surface area (Å²) in [6.45, 7) is 3.47. The number of sulfonamides is 1. The van der Waals surface area contributed by atoms with Gasteiger partial charge in [-0.15, -0.1) is 0 Å². The summed E-state index contributed by atoms with van der Waals surface area (Å²) in [4.78, 5) is 0.0468. The van der Waals surface area contributed by atoms with Crippen molar-refractivity contribution in [1.82, 2.24) is 4.31 Å². The normalized spacial score (nSPS) is 21.1. The average molecular weight is 302 g/mol. The third-order valence-corrected chi connectivity index (χ3v) is 5.82. The molecule has 112 valence electrons. The molecule has 20 heavy (non-hydrogen) atoms. The van der Waals surface area contributed by atoms with Gasteiger partial charge in [-0.1, -0.05) is 0 Å². The lowest BCUT2D eigenvalue weighted by atomic mass is 10.1. The van der Waals surface area contributed by atoms with Crippen LogP contribution in [0.25, 0.3) is 0 Å². The van der Waals surface area contributed by atoms with Crippen LogP contribution in [0.15, 0.2) is 11.0 Å². The van der Waals surface area contributed by atoms with E-state index in [1.165, 1.54) is 11.2 Å². The molecule has 1 saturated heterocycles. The molecule has 2 rings (SSSR count). The Balaban J connectivity index is 2.52. The highest BCUT2D eigenvalue weighted by Crippen LogP contribution is 2.31. The zero-order chi connectivity index (χ0) is 15.1. The molecule has 1 aromatic rings. The Morgan fingerprint density at radius 3 is 2.70 bits per heavy atom. The van der Waals surface area contributed by atoms with E-state index < -0.39 is 21.9 Å². The number of anilines is 1. The summed E-state index contributed by atoms with van der Waals surface area (Å²) in [6.07, 6.45) is 0.543. The smallest absolute Gasteiger partial charge is 0.243 e. The molecule has 0 radical (unpaired) electrons. The molecule has 1 heterocycles. The van der Waals surface area contributed by atoms with Gasteiger partial charge in [0.2, 0.25) is 10.0 Å². The number of nitrogens with zero attached hydrogens (tertiary/aromatic N) is 1. The average Bonchev–Trinajstić information content (AvgIpc) is 2.36. The Kier molecular flexibility index (Phi) is 4.04. The first-order valence-corrected chi connectivity index (χ1v) is 7.92. The predicted octanol–water partition coefficient (Wildman–Crippen LogP) is 1.17. The Labute approximate surface area is 118 Å². The number of hydrogen-bond donors (Lipinski definition) is 2. The van der Waals surface area contributed by atoms with Crippen LogP contribution in [0.5, 0.6) is 0 Å². The summed E-state index contributed by atoms with van der Waals surface area (Å²) in [5, 5.41) is 9.64. The van der Waals surface area contributed by atoms with Gasteiger partial charge in [-0.3, -0.25) is 0 Å². The number of benzene rings is 1. The van der Waals surface area contributed by atoms with Gasteiger partial charge in [-0.05, 0) is 43.9 Å². The van der Waals surface area contributed by atoms with Gasteiger partial charge >= 0.3 is 0 Å².